The molecule has 1 unspecified atom stereocenters. The Morgan fingerprint density at radius 3 is 2.89 bits per heavy atom. The average molecular weight is 315 g/mol. The molecule has 0 aromatic carbocycles. The lowest BCUT2D eigenvalue weighted by atomic mass is 10.1. The molecule has 0 aliphatic heterocycles. The first kappa shape index (κ1) is 15.1. The van der Waals surface area contributed by atoms with E-state index in [1.165, 1.54) is 0 Å². The van der Waals surface area contributed by atoms with E-state index in [-0.39, 0.29) is 12.0 Å². The number of unbranched alkanes of at least 4 members (excludes halogenated alkanes) is 1. The summed E-state index contributed by atoms with van der Waals surface area (Å²) in [6.45, 7) is 2.13. The molecule has 1 amide bonds. The molecule has 0 bridgehead atoms. The van der Waals surface area contributed by atoms with E-state index >= 15 is 0 Å². The van der Waals surface area contributed by atoms with Gasteiger partial charge in [0, 0.05) is 7.11 Å². The first-order valence-corrected chi connectivity index (χ1v) is 6.89. The fraction of sp³-hybridized carbons (Fsp3) is 0.538. The van der Waals surface area contributed by atoms with Gasteiger partial charge in [-0.25, -0.2) is 4.98 Å². The van der Waals surface area contributed by atoms with Crippen LogP contribution in [-0.4, -0.2) is 24.1 Å². The van der Waals surface area contributed by atoms with Crippen molar-refractivity contribution in [2.75, 3.05) is 12.4 Å². The van der Waals surface area contributed by atoms with Gasteiger partial charge in [0.15, 0.2) is 0 Å². The second kappa shape index (κ2) is 8.21. The molecule has 1 aromatic heterocycles. The third kappa shape index (κ3) is 5.60. The van der Waals surface area contributed by atoms with Crippen molar-refractivity contribution in [3.8, 4) is 0 Å². The van der Waals surface area contributed by atoms with Gasteiger partial charge in [0.05, 0.1) is 24.4 Å². The largest absolute Gasteiger partial charge is 0.381 e. The zero-order chi connectivity index (χ0) is 13.4. The highest BCUT2D eigenvalue weighted by Gasteiger charge is 2.12. The molecule has 0 fully saturated rings. The van der Waals surface area contributed by atoms with E-state index in [1.54, 1.807) is 19.4 Å². The summed E-state index contributed by atoms with van der Waals surface area (Å²) in [5.41, 5.74) is 0.702. The van der Waals surface area contributed by atoms with Crippen LogP contribution in [0.2, 0.25) is 0 Å². The van der Waals surface area contributed by atoms with E-state index in [0.717, 1.165) is 23.9 Å². The summed E-state index contributed by atoms with van der Waals surface area (Å²) in [5, 5.41) is 2.81. The lowest BCUT2D eigenvalue weighted by Gasteiger charge is -2.14. The number of hydrogen-bond donors (Lipinski definition) is 1. The number of carbonyl (C=O) groups excluding carboxylic acids is 1. The van der Waals surface area contributed by atoms with Crippen molar-refractivity contribution in [3.63, 3.8) is 0 Å². The molecular weight excluding hydrogens is 296 g/mol. The summed E-state index contributed by atoms with van der Waals surface area (Å²) in [5.74, 6) is -0.0397. The van der Waals surface area contributed by atoms with Gasteiger partial charge in [-0.2, -0.15) is 0 Å². The van der Waals surface area contributed by atoms with Crippen molar-refractivity contribution < 1.29 is 9.53 Å². The highest BCUT2D eigenvalue weighted by molar-refractivity contribution is 9.10. The standard InChI is InChI=1S/C13H19BrN2O2/c1-3-4-5-11(18-2)8-13(17)16-10-6-7-12(14)15-9-10/h6-7,9,11H,3-5,8H2,1-2H3,(H,16,17). The predicted octanol–water partition coefficient (Wildman–Crippen LogP) is 3.38. The summed E-state index contributed by atoms with van der Waals surface area (Å²) in [7, 11) is 1.65. The summed E-state index contributed by atoms with van der Waals surface area (Å²) >= 11 is 3.25. The maximum atomic E-state index is 11.8. The molecule has 1 aromatic rings. The Kier molecular flexibility index (Phi) is 6.90. The first-order valence-electron chi connectivity index (χ1n) is 6.10. The van der Waals surface area contributed by atoms with Crippen LogP contribution in [0, 0.1) is 0 Å². The van der Waals surface area contributed by atoms with Gasteiger partial charge in [-0.05, 0) is 34.5 Å². The predicted molar refractivity (Wildman–Crippen MR) is 75.5 cm³/mol. The summed E-state index contributed by atoms with van der Waals surface area (Å²) in [6, 6.07) is 3.60. The van der Waals surface area contributed by atoms with E-state index in [2.05, 4.69) is 33.2 Å². The number of ether oxygens (including phenoxy) is 1. The Morgan fingerprint density at radius 1 is 1.56 bits per heavy atom. The van der Waals surface area contributed by atoms with Crippen molar-refractivity contribution in [2.45, 2.75) is 38.7 Å². The number of carbonyl (C=O) groups is 1. The van der Waals surface area contributed by atoms with Gasteiger partial charge in [-0.1, -0.05) is 19.8 Å². The lowest BCUT2D eigenvalue weighted by molar-refractivity contribution is -0.118. The average Bonchev–Trinajstić information content (AvgIpc) is 2.37. The Balaban J connectivity index is 2.42. The lowest BCUT2D eigenvalue weighted by Crippen LogP contribution is -2.21. The topological polar surface area (TPSA) is 51.2 Å². The van der Waals surface area contributed by atoms with Crippen molar-refractivity contribution in [3.05, 3.63) is 22.9 Å². The number of methoxy groups -OCH3 is 1. The van der Waals surface area contributed by atoms with E-state index in [1.807, 2.05) is 6.07 Å². The van der Waals surface area contributed by atoms with Crippen molar-refractivity contribution >= 4 is 27.5 Å². The van der Waals surface area contributed by atoms with E-state index in [4.69, 9.17) is 4.74 Å². The highest BCUT2D eigenvalue weighted by Crippen LogP contribution is 2.13. The van der Waals surface area contributed by atoms with Crippen LogP contribution in [0.4, 0.5) is 5.69 Å². The van der Waals surface area contributed by atoms with Crippen molar-refractivity contribution in [2.24, 2.45) is 0 Å². The van der Waals surface area contributed by atoms with E-state index < -0.39 is 0 Å². The van der Waals surface area contributed by atoms with Crippen molar-refractivity contribution in [1.29, 1.82) is 0 Å². The molecule has 5 heteroatoms. The van der Waals surface area contributed by atoms with Gasteiger partial charge >= 0.3 is 0 Å². The molecule has 0 radical (unpaired) electrons. The van der Waals surface area contributed by atoms with Gasteiger partial charge < -0.3 is 10.1 Å². The molecule has 0 aliphatic rings. The molecule has 100 valence electrons. The van der Waals surface area contributed by atoms with Crippen molar-refractivity contribution in [1.82, 2.24) is 4.98 Å². The highest BCUT2D eigenvalue weighted by atomic mass is 79.9. The number of hydrogen-bond acceptors (Lipinski definition) is 3. The van der Waals surface area contributed by atoms with Crippen LogP contribution < -0.4 is 5.32 Å². The molecule has 18 heavy (non-hydrogen) atoms. The third-order valence-electron chi connectivity index (χ3n) is 2.64. The molecule has 1 atom stereocenters. The maximum Gasteiger partial charge on any atom is 0.227 e. The molecule has 1 N–H and O–H groups in total. The monoisotopic (exact) mass is 314 g/mol. The third-order valence-corrected chi connectivity index (χ3v) is 3.11. The number of halogens is 1. The van der Waals surface area contributed by atoms with Crippen LogP contribution in [0.1, 0.15) is 32.6 Å². The quantitative estimate of drug-likeness (QED) is 0.785. The number of anilines is 1. The van der Waals surface area contributed by atoms with Gasteiger partial charge in [0.1, 0.15) is 4.60 Å². The van der Waals surface area contributed by atoms with Gasteiger partial charge in [-0.3, -0.25) is 4.79 Å². The number of rotatable bonds is 7. The Labute approximate surface area is 116 Å². The van der Waals surface area contributed by atoms with Crippen LogP contribution in [0.3, 0.4) is 0 Å². The molecular formula is C13H19BrN2O2. The van der Waals surface area contributed by atoms with Crippen LogP contribution in [-0.2, 0) is 9.53 Å². The fourth-order valence-electron chi connectivity index (χ4n) is 1.60. The number of nitrogens with zero attached hydrogens (tertiary/aromatic N) is 1. The van der Waals surface area contributed by atoms with E-state index in [0.29, 0.717) is 12.1 Å². The van der Waals surface area contributed by atoms with Gasteiger partial charge in [0.2, 0.25) is 5.91 Å². The molecule has 0 spiro atoms. The van der Waals surface area contributed by atoms with Crippen LogP contribution in [0.25, 0.3) is 0 Å². The van der Waals surface area contributed by atoms with Gasteiger partial charge in [0.25, 0.3) is 0 Å². The molecule has 1 heterocycles. The summed E-state index contributed by atoms with van der Waals surface area (Å²) in [4.78, 5) is 15.9. The number of nitrogens with one attached hydrogen (secondary N) is 1. The van der Waals surface area contributed by atoms with Crippen LogP contribution >= 0.6 is 15.9 Å². The molecule has 0 saturated heterocycles. The Morgan fingerprint density at radius 2 is 2.33 bits per heavy atom. The zero-order valence-electron chi connectivity index (χ0n) is 10.8. The molecule has 0 saturated carbocycles. The minimum atomic E-state index is -0.0397. The molecule has 0 aliphatic carbocycles. The Hall–Kier alpha value is -0.940. The number of amides is 1. The number of pyridine rings is 1. The minimum absolute atomic E-state index is 0.00615. The molecule has 1 rings (SSSR count). The minimum Gasteiger partial charge on any atom is -0.381 e. The maximum absolute atomic E-state index is 11.8. The van der Waals surface area contributed by atoms with E-state index in [9.17, 15) is 4.79 Å². The Bertz CT molecular complexity index is 368. The normalized spacial score (nSPS) is 12.2. The summed E-state index contributed by atoms with van der Waals surface area (Å²) < 4.78 is 6.04. The van der Waals surface area contributed by atoms with Crippen LogP contribution in [0.5, 0.6) is 0 Å². The molecule has 4 nitrogen and oxygen atoms in total. The summed E-state index contributed by atoms with van der Waals surface area (Å²) in [6.07, 6.45) is 5.10. The zero-order valence-corrected chi connectivity index (χ0v) is 12.4. The van der Waals surface area contributed by atoms with Crippen LogP contribution in [0.15, 0.2) is 22.9 Å². The van der Waals surface area contributed by atoms with Gasteiger partial charge in [-0.15, -0.1) is 0 Å². The number of aromatic nitrogens is 1. The first-order chi connectivity index (χ1) is 8.65. The second-order valence-corrected chi connectivity index (χ2v) is 4.93. The SMILES string of the molecule is CCCCC(CC(=O)Nc1ccc(Br)nc1)OC. The second-order valence-electron chi connectivity index (χ2n) is 4.12. The fourth-order valence-corrected chi connectivity index (χ4v) is 1.84. The smallest absolute Gasteiger partial charge is 0.227 e.